The molecule has 0 aliphatic heterocycles. The van der Waals surface area contributed by atoms with E-state index in [4.69, 9.17) is 6.42 Å². The van der Waals surface area contributed by atoms with Crippen molar-refractivity contribution in [2.24, 2.45) is 0 Å². The van der Waals surface area contributed by atoms with Gasteiger partial charge in [-0.15, -0.1) is 6.42 Å². The second-order valence-corrected chi connectivity index (χ2v) is 2.72. The van der Waals surface area contributed by atoms with Crippen LogP contribution in [-0.2, 0) is 11.3 Å². The predicted molar refractivity (Wildman–Crippen MR) is 51.7 cm³/mol. The van der Waals surface area contributed by atoms with Crippen LogP contribution in [0.2, 0.25) is 0 Å². The van der Waals surface area contributed by atoms with E-state index < -0.39 is 0 Å². The summed E-state index contributed by atoms with van der Waals surface area (Å²) < 4.78 is 1.62. The van der Waals surface area contributed by atoms with Gasteiger partial charge in [-0.1, -0.05) is 5.92 Å². The van der Waals surface area contributed by atoms with Crippen molar-refractivity contribution in [3.05, 3.63) is 24.0 Å². The topological polar surface area (TPSA) is 51.1 Å². The highest BCUT2D eigenvalue weighted by atomic mass is 16.1. The molecule has 0 spiro atoms. The van der Waals surface area contributed by atoms with E-state index in [1.54, 1.807) is 23.0 Å². The molecule has 14 heavy (non-hydrogen) atoms. The fourth-order valence-corrected chi connectivity index (χ4v) is 0.999. The lowest BCUT2D eigenvalue weighted by atomic mass is 10.4. The van der Waals surface area contributed by atoms with Crippen LogP contribution in [0.15, 0.2) is 18.5 Å². The van der Waals surface area contributed by atoms with Crippen LogP contribution in [0.5, 0.6) is 0 Å². The molecular formula is C10H10N2O2. The van der Waals surface area contributed by atoms with E-state index in [1.165, 1.54) is 0 Å². The van der Waals surface area contributed by atoms with Crippen LogP contribution in [0.25, 0.3) is 0 Å². The number of hydrogen-bond donors (Lipinski definition) is 1. The standard InChI is InChI=1S/C10H10N2O2/c1-2-4-11-10(14)7-12-5-3-9(6-12)8-13/h1,3,5-6,8H,4,7H2,(H,11,14). The Morgan fingerprint density at radius 1 is 1.71 bits per heavy atom. The molecule has 0 aromatic carbocycles. The van der Waals surface area contributed by atoms with Crippen molar-refractivity contribution < 1.29 is 9.59 Å². The van der Waals surface area contributed by atoms with Gasteiger partial charge in [0, 0.05) is 18.0 Å². The molecule has 1 aromatic rings. The fourth-order valence-electron chi connectivity index (χ4n) is 0.999. The maximum absolute atomic E-state index is 11.2. The number of amides is 1. The first-order chi connectivity index (χ1) is 6.76. The highest BCUT2D eigenvalue weighted by Gasteiger charge is 2.01. The normalized spacial score (nSPS) is 9.07. The highest BCUT2D eigenvalue weighted by Crippen LogP contribution is 1.97. The van der Waals surface area contributed by atoms with Gasteiger partial charge >= 0.3 is 0 Å². The Bertz CT molecular complexity index is 374. The lowest BCUT2D eigenvalue weighted by molar-refractivity contribution is -0.121. The molecule has 1 rings (SSSR count). The first-order valence-electron chi connectivity index (χ1n) is 4.07. The number of aldehydes is 1. The number of nitrogens with zero attached hydrogens (tertiary/aromatic N) is 1. The fraction of sp³-hybridized carbons (Fsp3) is 0.200. The second kappa shape index (κ2) is 4.87. The number of nitrogens with one attached hydrogen (secondary N) is 1. The van der Waals surface area contributed by atoms with E-state index in [9.17, 15) is 9.59 Å². The van der Waals surface area contributed by atoms with E-state index in [0.29, 0.717) is 5.56 Å². The maximum Gasteiger partial charge on any atom is 0.240 e. The molecule has 0 saturated heterocycles. The Morgan fingerprint density at radius 2 is 2.50 bits per heavy atom. The molecule has 4 heteroatoms. The molecule has 72 valence electrons. The average molecular weight is 190 g/mol. The lowest BCUT2D eigenvalue weighted by Crippen LogP contribution is -2.27. The van der Waals surface area contributed by atoms with Gasteiger partial charge in [0.25, 0.3) is 0 Å². The zero-order valence-corrected chi connectivity index (χ0v) is 7.56. The Hall–Kier alpha value is -2.02. The predicted octanol–water partition coefficient (Wildman–Crippen LogP) is 0.0500. The average Bonchev–Trinajstić information content (AvgIpc) is 2.62. The highest BCUT2D eigenvalue weighted by molar-refractivity contribution is 5.77. The van der Waals surface area contributed by atoms with Crippen LogP contribution in [0.1, 0.15) is 10.4 Å². The molecule has 0 aliphatic carbocycles. The minimum atomic E-state index is -0.170. The van der Waals surface area contributed by atoms with E-state index in [2.05, 4.69) is 11.2 Å². The molecule has 0 unspecified atom stereocenters. The van der Waals surface area contributed by atoms with Crippen LogP contribution in [-0.4, -0.2) is 23.3 Å². The van der Waals surface area contributed by atoms with Crippen molar-refractivity contribution in [1.82, 2.24) is 9.88 Å². The van der Waals surface area contributed by atoms with Gasteiger partial charge in [0.15, 0.2) is 6.29 Å². The van der Waals surface area contributed by atoms with Gasteiger partial charge in [0.1, 0.15) is 6.54 Å². The summed E-state index contributed by atoms with van der Waals surface area (Å²) >= 11 is 0. The van der Waals surface area contributed by atoms with Crippen LogP contribution >= 0.6 is 0 Å². The Kier molecular flexibility index (Phi) is 3.50. The van der Waals surface area contributed by atoms with Gasteiger partial charge in [-0.2, -0.15) is 0 Å². The van der Waals surface area contributed by atoms with E-state index in [1.807, 2.05) is 0 Å². The van der Waals surface area contributed by atoms with Crippen molar-refractivity contribution in [3.63, 3.8) is 0 Å². The number of carbonyl (C=O) groups excluding carboxylic acids is 2. The number of aromatic nitrogens is 1. The molecule has 0 bridgehead atoms. The first kappa shape index (κ1) is 10.1. The van der Waals surface area contributed by atoms with Gasteiger partial charge in [0.05, 0.1) is 6.54 Å². The first-order valence-corrected chi connectivity index (χ1v) is 4.07. The van der Waals surface area contributed by atoms with Gasteiger partial charge < -0.3 is 9.88 Å². The van der Waals surface area contributed by atoms with Crippen LogP contribution in [0, 0.1) is 12.3 Å². The molecule has 1 aromatic heterocycles. The van der Waals surface area contributed by atoms with E-state index in [-0.39, 0.29) is 19.0 Å². The minimum Gasteiger partial charge on any atom is -0.344 e. The van der Waals surface area contributed by atoms with E-state index >= 15 is 0 Å². The maximum atomic E-state index is 11.2. The van der Waals surface area contributed by atoms with Crippen molar-refractivity contribution in [2.75, 3.05) is 6.54 Å². The summed E-state index contributed by atoms with van der Waals surface area (Å²) in [5, 5.41) is 2.52. The van der Waals surface area contributed by atoms with Crippen molar-refractivity contribution in [3.8, 4) is 12.3 Å². The second-order valence-electron chi connectivity index (χ2n) is 2.72. The lowest BCUT2D eigenvalue weighted by Gasteiger charge is -2.01. The summed E-state index contributed by atoms with van der Waals surface area (Å²) in [6.45, 7) is 0.399. The third kappa shape index (κ3) is 2.79. The Labute approximate surface area is 81.9 Å². The molecule has 0 saturated carbocycles. The summed E-state index contributed by atoms with van der Waals surface area (Å²) in [7, 11) is 0. The van der Waals surface area contributed by atoms with Gasteiger partial charge in [0.2, 0.25) is 5.91 Å². The van der Waals surface area contributed by atoms with Crippen molar-refractivity contribution in [1.29, 1.82) is 0 Å². The summed E-state index contributed by atoms with van der Waals surface area (Å²) in [4.78, 5) is 21.5. The number of hydrogen-bond acceptors (Lipinski definition) is 2. The number of carbonyl (C=O) groups is 2. The minimum absolute atomic E-state index is 0.170. The summed E-state index contributed by atoms with van der Waals surface area (Å²) in [6.07, 6.45) is 8.98. The summed E-state index contributed by atoms with van der Waals surface area (Å²) in [6, 6.07) is 1.64. The third-order valence-corrected chi connectivity index (χ3v) is 1.62. The number of terminal acetylenes is 1. The monoisotopic (exact) mass is 190 g/mol. The largest absolute Gasteiger partial charge is 0.344 e. The summed E-state index contributed by atoms with van der Waals surface area (Å²) in [5.41, 5.74) is 0.551. The van der Waals surface area contributed by atoms with Gasteiger partial charge in [-0.3, -0.25) is 9.59 Å². The molecule has 1 amide bonds. The molecular weight excluding hydrogens is 180 g/mol. The van der Waals surface area contributed by atoms with Crippen molar-refractivity contribution >= 4 is 12.2 Å². The molecule has 1 N–H and O–H groups in total. The Morgan fingerprint density at radius 3 is 3.07 bits per heavy atom. The van der Waals surface area contributed by atoms with Crippen LogP contribution < -0.4 is 5.32 Å². The SMILES string of the molecule is C#CCNC(=O)Cn1ccc(C=O)c1. The van der Waals surface area contributed by atoms with Crippen LogP contribution in [0.4, 0.5) is 0 Å². The molecule has 4 nitrogen and oxygen atoms in total. The summed E-state index contributed by atoms with van der Waals surface area (Å²) in [5.74, 6) is 2.13. The Balaban J connectivity index is 2.48. The molecule has 0 radical (unpaired) electrons. The van der Waals surface area contributed by atoms with E-state index in [0.717, 1.165) is 6.29 Å². The molecule has 0 aliphatic rings. The molecule has 0 atom stereocenters. The number of rotatable bonds is 4. The van der Waals surface area contributed by atoms with Crippen LogP contribution in [0.3, 0.4) is 0 Å². The quantitative estimate of drug-likeness (QED) is 0.538. The van der Waals surface area contributed by atoms with Gasteiger partial charge in [-0.05, 0) is 6.07 Å². The zero-order chi connectivity index (χ0) is 10.4. The third-order valence-electron chi connectivity index (χ3n) is 1.62. The van der Waals surface area contributed by atoms with Crippen molar-refractivity contribution in [2.45, 2.75) is 6.54 Å². The molecule has 0 fully saturated rings. The van der Waals surface area contributed by atoms with Gasteiger partial charge in [-0.25, -0.2) is 0 Å². The smallest absolute Gasteiger partial charge is 0.240 e. The zero-order valence-electron chi connectivity index (χ0n) is 7.56. The molecule has 1 heterocycles.